The van der Waals surface area contributed by atoms with Gasteiger partial charge in [0.2, 0.25) is 0 Å². The number of nitrogens with zero attached hydrogens (tertiary/aromatic N) is 3. The average Bonchev–Trinajstić information content (AvgIpc) is 2.15. The fraction of sp³-hybridized carbons (Fsp3) is 0.500. The summed E-state index contributed by atoms with van der Waals surface area (Å²) in [6.07, 6.45) is 8.08. The Morgan fingerprint density at radius 1 is 1.50 bits per heavy atom. The lowest BCUT2D eigenvalue weighted by molar-refractivity contribution is 0.0645. The Kier molecular flexibility index (Phi) is 2.43. The second kappa shape index (κ2) is 3.74. The Hall–Kier alpha value is -1.45. The summed E-state index contributed by atoms with van der Waals surface area (Å²) in [6, 6.07) is 0.407. The molecule has 0 radical (unpaired) electrons. The molecule has 0 bridgehead atoms. The number of amides is 1. The van der Waals surface area contributed by atoms with Crippen LogP contribution in [-0.2, 0) is 0 Å². The largest absolute Gasteiger partial charge is 0.337 e. The third-order valence-electron chi connectivity index (χ3n) is 2.73. The second-order valence-electron chi connectivity index (χ2n) is 3.59. The lowest BCUT2D eigenvalue weighted by Gasteiger charge is -2.34. The van der Waals surface area contributed by atoms with Crippen LogP contribution in [0.5, 0.6) is 0 Å². The monoisotopic (exact) mass is 191 g/mol. The van der Waals surface area contributed by atoms with Crippen molar-refractivity contribution in [2.24, 2.45) is 0 Å². The van der Waals surface area contributed by atoms with Gasteiger partial charge in [-0.1, -0.05) is 0 Å². The van der Waals surface area contributed by atoms with Crippen LogP contribution in [-0.4, -0.2) is 33.9 Å². The van der Waals surface area contributed by atoms with Crippen LogP contribution in [0.4, 0.5) is 0 Å². The van der Waals surface area contributed by atoms with E-state index in [0.29, 0.717) is 11.7 Å². The van der Waals surface area contributed by atoms with Crippen LogP contribution in [0.1, 0.15) is 29.8 Å². The number of hydrogen-bond acceptors (Lipinski definition) is 3. The van der Waals surface area contributed by atoms with E-state index in [0.717, 1.165) is 12.8 Å². The number of carbonyl (C=O) groups is 1. The first kappa shape index (κ1) is 9.12. The highest BCUT2D eigenvalue weighted by Crippen LogP contribution is 2.24. The van der Waals surface area contributed by atoms with Gasteiger partial charge < -0.3 is 4.90 Å². The summed E-state index contributed by atoms with van der Waals surface area (Å²) in [7, 11) is 1.83. The summed E-state index contributed by atoms with van der Waals surface area (Å²) in [6.45, 7) is 0. The molecule has 4 nitrogen and oxygen atoms in total. The van der Waals surface area contributed by atoms with Crippen molar-refractivity contribution in [1.82, 2.24) is 14.9 Å². The van der Waals surface area contributed by atoms with Crippen LogP contribution in [0.15, 0.2) is 18.6 Å². The van der Waals surface area contributed by atoms with Crippen LogP contribution in [0.25, 0.3) is 0 Å². The van der Waals surface area contributed by atoms with Gasteiger partial charge >= 0.3 is 0 Å². The van der Waals surface area contributed by atoms with Gasteiger partial charge in [0.1, 0.15) is 5.69 Å². The van der Waals surface area contributed by atoms with Gasteiger partial charge in [-0.15, -0.1) is 0 Å². The lowest BCUT2D eigenvalue weighted by Crippen LogP contribution is -2.41. The highest BCUT2D eigenvalue weighted by Gasteiger charge is 2.26. The first-order chi connectivity index (χ1) is 6.79. The Balaban J connectivity index is 2.07. The average molecular weight is 191 g/mol. The highest BCUT2D eigenvalue weighted by molar-refractivity contribution is 5.92. The fourth-order valence-corrected chi connectivity index (χ4v) is 1.53. The Morgan fingerprint density at radius 3 is 2.79 bits per heavy atom. The number of hydrogen-bond donors (Lipinski definition) is 0. The molecule has 1 aliphatic rings. The topological polar surface area (TPSA) is 46.1 Å². The fourth-order valence-electron chi connectivity index (χ4n) is 1.53. The lowest BCUT2D eigenvalue weighted by atomic mass is 9.92. The molecule has 0 N–H and O–H groups in total. The van der Waals surface area contributed by atoms with Gasteiger partial charge in [0, 0.05) is 25.5 Å². The van der Waals surface area contributed by atoms with Crippen LogP contribution in [0.3, 0.4) is 0 Å². The van der Waals surface area contributed by atoms with Crippen LogP contribution in [0, 0.1) is 0 Å². The second-order valence-corrected chi connectivity index (χ2v) is 3.59. The summed E-state index contributed by atoms with van der Waals surface area (Å²) in [5.74, 6) is -0.0252. The zero-order valence-corrected chi connectivity index (χ0v) is 8.18. The molecule has 0 aromatic carbocycles. The number of carbonyl (C=O) groups excluding carboxylic acids is 1. The van der Waals surface area contributed by atoms with Crippen LogP contribution < -0.4 is 0 Å². The van der Waals surface area contributed by atoms with Crippen molar-refractivity contribution < 1.29 is 4.79 Å². The van der Waals surface area contributed by atoms with E-state index in [-0.39, 0.29) is 5.91 Å². The summed E-state index contributed by atoms with van der Waals surface area (Å²) < 4.78 is 0. The van der Waals surface area contributed by atoms with E-state index >= 15 is 0 Å². The maximum atomic E-state index is 11.8. The van der Waals surface area contributed by atoms with Crippen molar-refractivity contribution in [3.8, 4) is 0 Å². The van der Waals surface area contributed by atoms with E-state index in [1.807, 2.05) is 7.05 Å². The van der Waals surface area contributed by atoms with E-state index < -0.39 is 0 Å². The first-order valence-corrected chi connectivity index (χ1v) is 4.82. The maximum Gasteiger partial charge on any atom is 0.274 e. The molecule has 0 aliphatic heterocycles. The molecule has 0 atom stereocenters. The zero-order valence-electron chi connectivity index (χ0n) is 8.18. The highest BCUT2D eigenvalue weighted by atomic mass is 16.2. The summed E-state index contributed by atoms with van der Waals surface area (Å²) in [5.41, 5.74) is 0.432. The van der Waals surface area contributed by atoms with Crippen molar-refractivity contribution in [3.05, 3.63) is 24.3 Å². The van der Waals surface area contributed by atoms with Gasteiger partial charge in [0.05, 0.1) is 6.20 Å². The third kappa shape index (κ3) is 1.60. The van der Waals surface area contributed by atoms with Gasteiger partial charge in [-0.25, -0.2) is 4.98 Å². The van der Waals surface area contributed by atoms with Crippen molar-refractivity contribution >= 4 is 5.91 Å². The van der Waals surface area contributed by atoms with Crippen LogP contribution in [0.2, 0.25) is 0 Å². The molecule has 0 saturated heterocycles. The molecule has 14 heavy (non-hydrogen) atoms. The Morgan fingerprint density at radius 2 is 2.29 bits per heavy atom. The number of rotatable bonds is 2. The Bertz CT molecular complexity index is 321. The molecular weight excluding hydrogens is 178 g/mol. The van der Waals surface area contributed by atoms with Gasteiger partial charge in [-0.05, 0) is 19.3 Å². The molecule has 1 saturated carbocycles. The first-order valence-electron chi connectivity index (χ1n) is 4.82. The van der Waals surface area contributed by atoms with E-state index in [1.54, 1.807) is 17.3 Å². The summed E-state index contributed by atoms with van der Waals surface area (Å²) >= 11 is 0. The van der Waals surface area contributed by atoms with Crippen molar-refractivity contribution in [3.63, 3.8) is 0 Å². The molecule has 1 aromatic rings. The molecule has 1 fully saturated rings. The van der Waals surface area contributed by atoms with E-state index in [2.05, 4.69) is 9.97 Å². The van der Waals surface area contributed by atoms with E-state index in [1.165, 1.54) is 12.6 Å². The minimum atomic E-state index is -0.0252. The summed E-state index contributed by atoms with van der Waals surface area (Å²) in [4.78, 5) is 21.4. The summed E-state index contributed by atoms with van der Waals surface area (Å²) in [5, 5.41) is 0. The van der Waals surface area contributed by atoms with Gasteiger partial charge in [0.15, 0.2) is 0 Å². The molecule has 1 amide bonds. The van der Waals surface area contributed by atoms with Crippen LogP contribution >= 0.6 is 0 Å². The van der Waals surface area contributed by atoms with Crippen molar-refractivity contribution in [1.29, 1.82) is 0 Å². The predicted molar refractivity (Wildman–Crippen MR) is 51.8 cm³/mol. The van der Waals surface area contributed by atoms with E-state index in [4.69, 9.17) is 0 Å². The standard InChI is InChI=1S/C10H13N3O/c1-13(8-3-2-4-8)10(14)9-7-11-5-6-12-9/h5-8H,2-4H2,1H3. The number of aromatic nitrogens is 2. The molecule has 1 aromatic heterocycles. The van der Waals surface area contributed by atoms with Gasteiger partial charge in [-0.2, -0.15) is 0 Å². The van der Waals surface area contributed by atoms with Crippen molar-refractivity contribution in [2.75, 3.05) is 7.05 Å². The smallest absolute Gasteiger partial charge is 0.274 e. The molecule has 0 spiro atoms. The molecule has 1 heterocycles. The maximum absolute atomic E-state index is 11.8. The zero-order chi connectivity index (χ0) is 9.97. The van der Waals surface area contributed by atoms with Gasteiger partial charge in [-0.3, -0.25) is 9.78 Å². The molecule has 4 heteroatoms. The quantitative estimate of drug-likeness (QED) is 0.703. The molecular formula is C10H13N3O. The molecule has 2 rings (SSSR count). The molecule has 0 unspecified atom stereocenters. The van der Waals surface area contributed by atoms with Crippen molar-refractivity contribution in [2.45, 2.75) is 25.3 Å². The minimum Gasteiger partial charge on any atom is -0.337 e. The van der Waals surface area contributed by atoms with E-state index in [9.17, 15) is 4.79 Å². The molecule has 1 aliphatic carbocycles. The SMILES string of the molecule is CN(C(=O)c1cnccn1)C1CCC1. The minimum absolute atomic E-state index is 0.0252. The third-order valence-corrected chi connectivity index (χ3v) is 2.73. The Labute approximate surface area is 83.0 Å². The predicted octanol–water partition coefficient (Wildman–Crippen LogP) is 1.10. The molecule has 74 valence electrons. The van der Waals surface area contributed by atoms with Gasteiger partial charge in [0.25, 0.3) is 5.91 Å². The normalized spacial score (nSPS) is 16.1.